The summed E-state index contributed by atoms with van der Waals surface area (Å²) in [5.41, 5.74) is -0.293. The van der Waals surface area contributed by atoms with Crippen molar-refractivity contribution in [3.8, 4) is 0 Å². The van der Waals surface area contributed by atoms with Gasteiger partial charge in [-0.3, -0.25) is 9.69 Å². The molecule has 14 heavy (non-hydrogen) atoms. The van der Waals surface area contributed by atoms with Crippen LogP contribution in [0.1, 0.15) is 41.5 Å². The predicted molar refractivity (Wildman–Crippen MR) is 59.3 cm³/mol. The second-order valence-corrected chi connectivity index (χ2v) is 5.34. The van der Waals surface area contributed by atoms with E-state index < -0.39 is 0 Å². The summed E-state index contributed by atoms with van der Waals surface area (Å²) in [5.74, 6) is 1.66. The largest absolute Gasteiger partial charge is 0.298 e. The van der Waals surface area contributed by atoms with Crippen molar-refractivity contribution in [2.24, 2.45) is 11.8 Å². The van der Waals surface area contributed by atoms with E-state index in [4.69, 9.17) is 0 Å². The van der Waals surface area contributed by atoms with E-state index in [0.717, 1.165) is 6.54 Å². The van der Waals surface area contributed by atoms with E-state index in [-0.39, 0.29) is 11.3 Å². The number of rotatable bonds is 2. The molecule has 1 saturated heterocycles. The normalized spacial score (nSPS) is 34.9. The highest BCUT2D eigenvalue weighted by molar-refractivity contribution is 5.85. The lowest BCUT2D eigenvalue weighted by Crippen LogP contribution is -2.51. The van der Waals surface area contributed by atoms with Gasteiger partial charge in [0.05, 0.1) is 5.54 Å². The topological polar surface area (TPSA) is 20.3 Å². The van der Waals surface area contributed by atoms with Crippen LogP contribution in [0.4, 0.5) is 0 Å². The lowest BCUT2D eigenvalue weighted by molar-refractivity contribution is -0.127. The van der Waals surface area contributed by atoms with Gasteiger partial charge in [-0.1, -0.05) is 13.8 Å². The maximum absolute atomic E-state index is 11.6. The van der Waals surface area contributed by atoms with E-state index in [1.54, 1.807) is 6.92 Å². The fraction of sp³-hybridized carbons (Fsp3) is 0.917. The fourth-order valence-corrected chi connectivity index (χ4v) is 2.34. The van der Waals surface area contributed by atoms with Crippen molar-refractivity contribution in [3.05, 3.63) is 0 Å². The van der Waals surface area contributed by atoms with Gasteiger partial charge in [-0.05, 0) is 39.5 Å². The van der Waals surface area contributed by atoms with Gasteiger partial charge in [-0.15, -0.1) is 0 Å². The molecule has 1 rings (SSSR count). The molecule has 0 bridgehead atoms. The molecule has 0 N–H and O–H groups in total. The standard InChI is InChI=1S/C12H23NO/c1-8-7-13(10(3)9(8)2)12(5,6)11(4)14/h8-10H,7H2,1-6H3. The third-order valence-electron chi connectivity index (χ3n) is 4.21. The van der Waals surface area contributed by atoms with Crippen LogP contribution in [0.5, 0.6) is 0 Å². The molecule has 2 nitrogen and oxygen atoms in total. The zero-order valence-corrected chi connectivity index (χ0v) is 10.3. The first-order valence-corrected chi connectivity index (χ1v) is 5.56. The van der Waals surface area contributed by atoms with Crippen molar-refractivity contribution in [1.82, 2.24) is 4.90 Å². The Morgan fingerprint density at radius 1 is 1.29 bits per heavy atom. The summed E-state index contributed by atoms with van der Waals surface area (Å²) in [6.07, 6.45) is 0. The van der Waals surface area contributed by atoms with Crippen molar-refractivity contribution in [3.63, 3.8) is 0 Å². The number of Topliss-reactive ketones (excluding diaryl/α,β-unsaturated/α-hetero) is 1. The Morgan fingerprint density at radius 2 is 1.79 bits per heavy atom. The van der Waals surface area contributed by atoms with Crippen LogP contribution in [0.25, 0.3) is 0 Å². The molecule has 2 heteroatoms. The van der Waals surface area contributed by atoms with Crippen molar-refractivity contribution in [2.75, 3.05) is 6.54 Å². The average Bonchev–Trinajstić information content (AvgIpc) is 2.33. The molecule has 3 unspecified atom stereocenters. The smallest absolute Gasteiger partial charge is 0.149 e. The molecule has 0 amide bonds. The maximum atomic E-state index is 11.6. The molecule has 1 aliphatic rings. The Morgan fingerprint density at radius 3 is 2.07 bits per heavy atom. The second kappa shape index (κ2) is 3.65. The number of likely N-dealkylation sites (tertiary alicyclic amines) is 1. The Bertz CT molecular complexity index is 234. The minimum Gasteiger partial charge on any atom is -0.298 e. The molecule has 1 aliphatic heterocycles. The first-order chi connectivity index (χ1) is 6.28. The Kier molecular flexibility index (Phi) is 3.05. The van der Waals surface area contributed by atoms with Gasteiger partial charge < -0.3 is 0 Å². The predicted octanol–water partition coefficient (Wildman–Crippen LogP) is 2.33. The van der Waals surface area contributed by atoms with E-state index in [9.17, 15) is 4.79 Å². The van der Waals surface area contributed by atoms with Gasteiger partial charge in [0.1, 0.15) is 5.78 Å². The molecule has 0 saturated carbocycles. The van der Waals surface area contributed by atoms with Crippen molar-refractivity contribution >= 4 is 5.78 Å². The number of carbonyl (C=O) groups is 1. The monoisotopic (exact) mass is 197 g/mol. The third kappa shape index (κ3) is 1.72. The average molecular weight is 197 g/mol. The molecule has 0 radical (unpaired) electrons. The Labute approximate surface area is 87.7 Å². The van der Waals surface area contributed by atoms with Gasteiger partial charge in [0.2, 0.25) is 0 Å². The highest BCUT2D eigenvalue weighted by Crippen LogP contribution is 2.34. The van der Waals surface area contributed by atoms with Crippen LogP contribution in [-0.2, 0) is 4.79 Å². The van der Waals surface area contributed by atoms with Crippen molar-refractivity contribution in [1.29, 1.82) is 0 Å². The number of nitrogens with zero attached hydrogens (tertiary/aromatic N) is 1. The Balaban J connectivity index is 2.85. The number of hydrogen-bond donors (Lipinski definition) is 0. The van der Waals surface area contributed by atoms with Gasteiger partial charge in [0, 0.05) is 12.6 Å². The van der Waals surface area contributed by atoms with E-state index in [1.807, 2.05) is 13.8 Å². The number of carbonyl (C=O) groups excluding carboxylic acids is 1. The minimum absolute atomic E-state index is 0.269. The first-order valence-electron chi connectivity index (χ1n) is 5.56. The zero-order valence-electron chi connectivity index (χ0n) is 10.3. The summed E-state index contributed by atoms with van der Waals surface area (Å²) >= 11 is 0. The summed E-state index contributed by atoms with van der Waals surface area (Å²) in [5, 5.41) is 0. The Hall–Kier alpha value is -0.370. The number of ketones is 1. The van der Waals surface area contributed by atoms with E-state index in [1.165, 1.54) is 0 Å². The van der Waals surface area contributed by atoms with Crippen molar-refractivity contribution in [2.45, 2.75) is 53.1 Å². The van der Waals surface area contributed by atoms with Crippen LogP contribution in [0.3, 0.4) is 0 Å². The van der Waals surface area contributed by atoms with Gasteiger partial charge in [0.15, 0.2) is 0 Å². The summed E-state index contributed by atoms with van der Waals surface area (Å²) < 4.78 is 0. The second-order valence-electron chi connectivity index (χ2n) is 5.34. The van der Waals surface area contributed by atoms with Gasteiger partial charge >= 0.3 is 0 Å². The summed E-state index contributed by atoms with van der Waals surface area (Å²) in [6.45, 7) is 13.6. The molecule has 0 aromatic rings. The summed E-state index contributed by atoms with van der Waals surface area (Å²) in [4.78, 5) is 13.9. The molecule has 1 fully saturated rings. The molecule has 1 heterocycles. The minimum atomic E-state index is -0.293. The van der Waals surface area contributed by atoms with Gasteiger partial charge in [0.25, 0.3) is 0 Å². The first kappa shape index (κ1) is 11.7. The lowest BCUT2D eigenvalue weighted by Gasteiger charge is -2.37. The fourth-order valence-electron chi connectivity index (χ4n) is 2.34. The van der Waals surface area contributed by atoms with Crippen LogP contribution in [0.15, 0.2) is 0 Å². The summed E-state index contributed by atoms with van der Waals surface area (Å²) in [6, 6.07) is 0.517. The van der Waals surface area contributed by atoms with Crippen LogP contribution in [-0.4, -0.2) is 28.8 Å². The third-order valence-corrected chi connectivity index (χ3v) is 4.21. The molecule has 0 spiro atoms. The quantitative estimate of drug-likeness (QED) is 0.677. The van der Waals surface area contributed by atoms with E-state index in [2.05, 4.69) is 25.7 Å². The molecule has 0 aromatic carbocycles. The number of hydrogen-bond acceptors (Lipinski definition) is 2. The van der Waals surface area contributed by atoms with Gasteiger partial charge in [-0.25, -0.2) is 0 Å². The summed E-state index contributed by atoms with van der Waals surface area (Å²) in [7, 11) is 0. The van der Waals surface area contributed by atoms with Gasteiger partial charge in [-0.2, -0.15) is 0 Å². The zero-order chi connectivity index (χ0) is 11.1. The molecular formula is C12H23NO. The highest BCUT2D eigenvalue weighted by Gasteiger charge is 2.43. The van der Waals surface area contributed by atoms with E-state index in [0.29, 0.717) is 17.9 Å². The molecule has 0 aromatic heterocycles. The van der Waals surface area contributed by atoms with Crippen LogP contribution in [0, 0.1) is 11.8 Å². The SMILES string of the molecule is CC(=O)C(C)(C)N1CC(C)C(C)C1C. The van der Waals surface area contributed by atoms with Crippen LogP contribution in [0.2, 0.25) is 0 Å². The molecule has 82 valence electrons. The molecular weight excluding hydrogens is 174 g/mol. The lowest BCUT2D eigenvalue weighted by atomic mass is 9.94. The highest BCUT2D eigenvalue weighted by atomic mass is 16.1. The van der Waals surface area contributed by atoms with Crippen molar-refractivity contribution < 1.29 is 4.79 Å². The maximum Gasteiger partial charge on any atom is 0.149 e. The van der Waals surface area contributed by atoms with E-state index >= 15 is 0 Å². The van der Waals surface area contributed by atoms with Crippen LogP contribution >= 0.6 is 0 Å². The molecule has 0 aliphatic carbocycles. The molecule has 3 atom stereocenters. The van der Waals surface area contributed by atoms with Crippen LogP contribution < -0.4 is 0 Å².